The summed E-state index contributed by atoms with van der Waals surface area (Å²) in [5.74, 6) is 0.261. The lowest BCUT2D eigenvalue weighted by Crippen LogP contribution is -2.37. The van der Waals surface area contributed by atoms with E-state index in [1.165, 1.54) is 0 Å². The van der Waals surface area contributed by atoms with E-state index >= 15 is 0 Å². The molecule has 1 amide bonds. The van der Waals surface area contributed by atoms with Gasteiger partial charge in [-0.1, -0.05) is 45.9 Å². The maximum atomic E-state index is 13.0. The topological polar surface area (TPSA) is 66.5 Å². The van der Waals surface area contributed by atoms with E-state index in [0.29, 0.717) is 24.3 Å². The molecule has 0 spiro atoms. The van der Waals surface area contributed by atoms with Crippen LogP contribution in [0.15, 0.2) is 53.4 Å². The number of nitrogens with one attached hydrogen (secondary N) is 1. The second kappa shape index (κ2) is 9.34. The fourth-order valence-electron chi connectivity index (χ4n) is 2.97. The zero-order valence-electron chi connectivity index (χ0n) is 17.3. The maximum Gasteiger partial charge on any atom is 0.255 e. The predicted octanol–water partition coefficient (Wildman–Crippen LogP) is 4.55. The minimum absolute atomic E-state index is 0.213. The minimum Gasteiger partial charge on any atom is -0.322 e. The third-order valence-electron chi connectivity index (χ3n) is 4.28. The number of carbonyl (C=O) groups is 1. The van der Waals surface area contributed by atoms with Crippen molar-refractivity contribution in [3.63, 3.8) is 0 Å². The molecule has 0 saturated carbocycles. The third kappa shape index (κ3) is 5.66. The zero-order valence-corrected chi connectivity index (χ0v) is 18.1. The molecule has 0 radical (unpaired) electrons. The SMILES string of the molecule is Cc1ccccc1C(=O)Nc1ccc(S(=O)(=O)N(CC(C)C)CC(C)C)cc1. The molecule has 0 aliphatic heterocycles. The summed E-state index contributed by atoms with van der Waals surface area (Å²) in [5, 5.41) is 2.82. The van der Waals surface area contributed by atoms with Gasteiger partial charge in [-0.2, -0.15) is 4.31 Å². The number of aryl methyl sites for hydroxylation is 1. The number of anilines is 1. The summed E-state index contributed by atoms with van der Waals surface area (Å²) in [4.78, 5) is 12.7. The maximum absolute atomic E-state index is 13.0. The lowest BCUT2D eigenvalue weighted by atomic mass is 10.1. The molecule has 0 aliphatic rings. The Morgan fingerprint density at radius 2 is 1.46 bits per heavy atom. The molecule has 0 fully saturated rings. The van der Waals surface area contributed by atoms with Crippen molar-refractivity contribution in [3.8, 4) is 0 Å². The van der Waals surface area contributed by atoms with Crippen LogP contribution in [0.3, 0.4) is 0 Å². The highest BCUT2D eigenvalue weighted by Gasteiger charge is 2.25. The quantitative estimate of drug-likeness (QED) is 0.704. The van der Waals surface area contributed by atoms with Gasteiger partial charge in [0.05, 0.1) is 4.90 Å². The molecular weight excluding hydrogens is 372 g/mol. The van der Waals surface area contributed by atoms with Crippen LogP contribution < -0.4 is 5.32 Å². The number of carbonyl (C=O) groups excluding carboxylic acids is 1. The minimum atomic E-state index is -3.57. The average molecular weight is 403 g/mol. The van der Waals surface area contributed by atoms with Gasteiger partial charge in [0.15, 0.2) is 0 Å². The van der Waals surface area contributed by atoms with Crippen LogP contribution in [-0.4, -0.2) is 31.7 Å². The van der Waals surface area contributed by atoms with Crippen molar-refractivity contribution in [2.75, 3.05) is 18.4 Å². The number of benzene rings is 2. The molecule has 0 heterocycles. The standard InChI is InChI=1S/C22H30N2O3S/c1-16(2)14-24(15-17(3)4)28(26,27)20-12-10-19(11-13-20)23-22(25)21-9-7-6-8-18(21)5/h6-13,16-17H,14-15H2,1-5H3,(H,23,25). The molecule has 0 aliphatic carbocycles. The molecule has 2 aromatic rings. The molecule has 6 heteroatoms. The van der Waals surface area contributed by atoms with Gasteiger partial charge in [-0.3, -0.25) is 4.79 Å². The van der Waals surface area contributed by atoms with Gasteiger partial charge in [-0.05, 0) is 54.7 Å². The van der Waals surface area contributed by atoms with Crippen molar-refractivity contribution in [1.29, 1.82) is 0 Å². The third-order valence-corrected chi connectivity index (χ3v) is 6.12. The van der Waals surface area contributed by atoms with Gasteiger partial charge in [0.2, 0.25) is 10.0 Å². The molecule has 1 N–H and O–H groups in total. The summed E-state index contributed by atoms with van der Waals surface area (Å²) in [6, 6.07) is 13.7. The fourth-order valence-corrected chi connectivity index (χ4v) is 4.74. The number of hydrogen-bond acceptors (Lipinski definition) is 3. The average Bonchev–Trinajstić information content (AvgIpc) is 2.61. The Hall–Kier alpha value is -2.18. The molecule has 2 aromatic carbocycles. The first-order chi connectivity index (χ1) is 13.1. The lowest BCUT2D eigenvalue weighted by molar-refractivity contribution is 0.102. The van der Waals surface area contributed by atoms with E-state index in [2.05, 4.69) is 5.32 Å². The van der Waals surface area contributed by atoms with Gasteiger partial charge in [0, 0.05) is 24.3 Å². The second-order valence-electron chi connectivity index (χ2n) is 7.90. The van der Waals surface area contributed by atoms with Crippen molar-refractivity contribution in [2.24, 2.45) is 11.8 Å². The molecule has 5 nitrogen and oxygen atoms in total. The predicted molar refractivity (Wildman–Crippen MR) is 114 cm³/mol. The van der Waals surface area contributed by atoms with E-state index in [1.807, 2.05) is 52.8 Å². The van der Waals surface area contributed by atoms with E-state index in [-0.39, 0.29) is 22.6 Å². The van der Waals surface area contributed by atoms with E-state index in [1.54, 1.807) is 34.6 Å². The van der Waals surface area contributed by atoms with Crippen molar-refractivity contribution >= 4 is 21.6 Å². The van der Waals surface area contributed by atoms with Gasteiger partial charge in [0.25, 0.3) is 5.91 Å². The van der Waals surface area contributed by atoms with Gasteiger partial charge < -0.3 is 5.32 Å². The molecule has 0 atom stereocenters. The first-order valence-corrected chi connectivity index (χ1v) is 11.0. The van der Waals surface area contributed by atoms with Crippen LogP contribution in [0.25, 0.3) is 0 Å². The summed E-state index contributed by atoms with van der Waals surface area (Å²) >= 11 is 0. The highest BCUT2D eigenvalue weighted by Crippen LogP contribution is 2.21. The highest BCUT2D eigenvalue weighted by molar-refractivity contribution is 7.89. The van der Waals surface area contributed by atoms with Gasteiger partial charge >= 0.3 is 0 Å². The summed E-state index contributed by atoms with van der Waals surface area (Å²) in [6.45, 7) is 10.9. The van der Waals surface area contributed by atoms with Crippen LogP contribution in [0, 0.1) is 18.8 Å². The Labute approximate surface area is 168 Å². The smallest absolute Gasteiger partial charge is 0.255 e. The Balaban J connectivity index is 2.20. The van der Waals surface area contributed by atoms with E-state index in [4.69, 9.17) is 0 Å². The molecule has 0 aromatic heterocycles. The molecule has 0 bridgehead atoms. The molecule has 0 saturated heterocycles. The van der Waals surface area contributed by atoms with Crippen LogP contribution in [0.5, 0.6) is 0 Å². The van der Waals surface area contributed by atoms with E-state index in [0.717, 1.165) is 5.56 Å². The molecule has 0 unspecified atom stereocenters. The van der Waals surface area contributed by atoms with Gasteiger partial charge in [0.1, 0.15) is 0 Å². The summed E-state index contributed by atoms with van der Waals surface area (Å²) in [7, 11) is -3.57. The van der Waals surface area contributed by atoms with Crippen LogP contribution >= 0.6 is 0 Å². The van der Waals surface area contributed by atoms with Crippen LogP contribution in [0.4, 0.5) is 5.69 Å². The molecule has 152 valence electrons. The van der Waals surface area contributed by atoms with Crippen molar-refractivity contribution in [3.05, 3.63) is 59.7 Å². The zero-order chi connectivity index (χ0) is 20.9. The first kappa shape index (κ1) is 22.1. The van der Waals surface area contributed by atoms with Crippen LogP contribution in [0.1, 0.15) is 43.6 Å². The van der Waals surface area contributed by atoms with E-state index in [9.17, 15) is 13.2 Å². The second-order valence-corrected chi connectivity index (χ2v) is 9.84. The molecule has 28 heavy (non-hydrogen) atoms. The largest absolute Gasteiger partial charge is 0.322 e. The Morgan fingerprint density at radius 1 is 0.929 bits per heavy atom. The normalized spacial score (nSPS) is 12.0. The van der Waals surface area contributed by atoms with E-state index < -0.39 is 10.0 Å². The van der Waals surface area contributed by atoms with Gasteiger partial charge in [-0.15, -0.1) is 0 Å². The van der Waals surface area contributed by atoms with Gasteiger partial charge in [-0.25, -0.2) is 8.42 Å². The molecular formula is C22H30N2O3S. The van der Waals surface area contributed by atoms with Crippen LogP contribution in [0.2, 0.25) is 0 Å². The fraction of sp³-hybridized carbons (Fsp3) is 0.409. The van der Waals surface area contributed by atoms with Crippen molar-refractivity contribution < 1.29 is 13.2 Å². The lowest BCUT2D eigenvalue weighted by Gasteiger charge is -2.25. The monoisotopic (exact) mass is 402 g/mol. The highest BCUT2D eigenvalue weighted by atomic mass is 32.2. The number of hydrogen-bond donors (Lipinski definition) is 1. The van der Waals surface area contributed by atoms with Crippen molar-refractivity contribution in [2.45, 2.75) is 39.5 Å². The first-order valence-electron chi connectivity index (χ1n) is 9.58. The summed E-state index contributed by atoms with van der Waals surface area (Å²) < 4.78 is 27.6. The number of nitrogens with zero attached hydrogens (tertiary/aromatic N) is 1. The molecule has 2 rings (SSSR count). The number of rotatable bonds is 8. The summed E-state index contributed by atoms with van der Waals surface area (Å²) in [6.07, 6.45) is 0. The van der Waals surface area contributed by atoms with Crippen LogP contribution in [-0.2, 0) is 10.0 Å². The Kier molecular flexibility index (Phi) is 7.38. The Bertz CT molecular complexity index is 894. The summed E-state index contributed by atoms with van der Waals surface area (Å²) in [5.41, 5.74) is 2.04. The number of amides is 1. The number of sulfonamides is 1. The van der Waals surface area contributed by atoms with Crippen molar-refractivity contribution in [1.82, 2.24) is 4.31 Å². The Morgan fingerprint density at radius 3 is 1.96 bits per heavy atom.